The van der Waals surface area contributed by atoms with E-state index in [0.717, 1.165) is 6.42 Å². The van der Waals surface area contributed by atoms with E-state index in [1.807, 2.05) is 0 Å². The van der Waals surface area contributed by atoms with Crippen molar-refractivity contribution in [3.63, 3.8) is 0 Å². The van der Waals surface area contributed by atoms with E-state index in [2.05, 4.69) is 72.3 Å². The molecule has 0 aliphatic heterocycles. The van der Waals surface area contributed by atoms with Gasteiger partial charge in [-0.3, -0.25) is 0 Å². The summed E-state index contributed by atoms with van der Waals surface area (Å²) in [4.78, 5) is 0. The van der Waals surface area contributed by atoms with Crippen LogP contribution in [0.15, 0.2) is 46.4 Å². The summed E-state index contributed by atoms with van der Waals surface area (Å²) in [6.45, 7) is 4.36. The minimum Gasteiger partial charge on any atom is -0.0683 e. The van der Waals surface area contributed by atoms with Crippen molar-refractivity contribution >= 4 is 22.0 Å². The van der Waals surface area contributed by atoms with Gasteiger partial charge in [-0.15, -0.1) is 0 Å². The molecule has 0 heterocycles. The molecule has 0 fully saturated rings. The van der Waals surface area contributed by atoms with Gasteiger partial charge in [0.2, 0.25) is 0 Å². The van der Waals surface area contributed by atoms with Gasteiger partial charge in [0.15, 0.2) is 0 Å². The molecule has 0 saturated heterocycles. The molecular weight excluding hydrogens is 284 g/mol. The minimum atomic E-state index is 1.07. The highest BCUT2D eigenvalue weighted by Crippen LogP contribution is 2.38. The molecule has 0 N–H and O–H groups in total. The maximum atomic E-state index is 3.80. The van der Waals surface area contributed by atoms with Crippen LogP contribution in [0.2, 0.25) is 0 Å². The average Bonchev–Trinajstić information content (AvgIpc) is 2.73. The molecular formula is C17H15Br. The standard InChI is InChI=1S/C17H15Br/c1-11-9-13-7-8-15(17(18)16(13)10-11)14-6-4-3-5-12(14)2/h3-9H,10H2,1-2H3. The molecule has 18 heavy (non-hydrogen) atoms. The number of rotatable bonds is 1. The summed E-state index contributed by atoms with van der Waals surface area (Å²) in [5.74, 6) is 0. The van der Waals surface area contributed by atoms with Crippen molar-refractivity contribution in [2.45, 2.75) is 20.3 Å². The van der Waals surface area contributed by atoms with E-state index in [9.17, 15) is 0 Å². The molecule has 0 aromatic heterocycles. The van der Waals surface area contributed by atoms with Gasteiger partial charge in [0.25, 0.3) is 0 Å². The van der Waals surface area contributed by atoms with Crippen LogP contribution in [0.1, 0.15) is 23.6 Å². The van der Waals surface area contributed by atoms with Crippen molar-refractivity contribution in [2.75, 3.05) is 0 Å². The largest absolute Gasteiger partial charge is 0.0683 e. The summed E-state index contributed by atoms with van der Waals surface area (Å²) in [7, 11) is 0. The lowest BCUT2D eigenvalue weighted by molar-refractivity contribution is 1.18. The van der Waals surface area contributed by atoms with Crippen LogP contribution in [0.25, 0.3) is 17.2 Å². The van der Waals surface area contributed by atoms with Crippen LogP contribution in [-0.2, 0) is 6.42 Å². The number of fused-ring (bicyclic) bond motifs is 1. The van der Waals surface area contributed by atoms with Gasteiger partial charge >= 0.3 is 0 Å². The lowest BCUT2D eigenvalue weighted by Crippen LogP contribution is -1.91. The van der Waals surface area contributed by atoms with Crippen molar-refractivity contribution in [1.82, 2.24) is 0 Å². The topological polar surface area (TPSA) is 0 Å². The predicted molar refractivity (Wildman–Crippen MR) is 81.7 cm³/mol. The number of hydrogen-bond acceptors (Lipinski definition) is 0. The lowest BCUT2D eigenvalue weighted by atomic mass is 9.97. The number of aryl methyl sites for hydroxylation is 1. The van der Waals surface area contributed by atoms with Gasteiger partial charge < -0.3 is 0 Å². The average molecular weight is 299 g/mol. The smallest absolute Gasteiger partial charge is 0.0295 e. The molecule has 0 radical (unpaired) electrons. The van der Waals surface area contributed by atoms with E-state index < -0.39 is 0 Å². The highest BCUT2D eigenvalue weighted by atomic mass is 79.9. The Hall–Kier alpha value is -1.34. The highest BCUT2D eigenvalue weighted by molar-refractivity contribution is 9.10. The molecule has 1 aliphatic rings. The third-order valence-corrected chi connectivity index (χ3v) is 4.48. The Kier molecular flexibility index (Phi) is 2.87. The maximum Gasteiger partial charge on any atom is 0.0295 e. The zero-order chi connectivity index (χ0) is 12.7. The maximum absolute atomic E-state index is 3.80. The van der Waals surface area contributed by atoms with Crippen molar-refractivity contribution < 1.29 is 0 Å². The van der Waals surface area contributed by atoms with E-state index in [-0.39, 0.29) is 0 Å². The molecule has 0 nitrogen and oxygen atoms in total. The molecule has 2 aromatic rings. The summed E-state index contributed by atoms with van der Waals surface area (Å²) >= 11 is 3.80. The molecule has 90 valence electrons. The van der Waals surface area contributed by atoms with Crippen molar-refractivity contribution in [2.24, 2.45) is 0 Å². The number of halogens is 1. The molecule has 2 aromatic carbocycles. The fourth-order valence-electron chi connectivity index (χ4n) is 2.63. The van der Waals surface area contributed by atoms with Gasteiger partial charge in [-0.1, -0.05) is 48.0 Å². The van der Waals surface area contributed by atoms with Crippen LogP contribution >= 0.6 is 15.9 Å². The Bertz CT molecular complexity index is 651. The van der Waals surface area contributed by atoms with Gasteiger partial charge in [-0.2, -0.15) is 0 Å². The second kappa shape index (κ2) is 4.40. The summed E-state index contributed by atoms with van der Waals surface area (Å²) in [6.07, 6.45) is 3.34. The number of allylic oxidation sites excluding steroid dienone is 1. The van der Waals surface area contributed by atoms with Gasteiger partial charge in [-0.05, 0) is 64.0 Å². The van der Waals surface area contributed by atoms with Gasteiger partial charge in [-0.25, -0.2) is 0 Å². The van der Waals surface area contributed by atoms with Crippen molar-refractivity contribution in [3.05, 3.63) is 63.1 Å². The Balaban J connectivity index is 2.18. The van der Waals surface area contributed by atoms with Crippen molar-refractivity contribution in [3.8, 4) is 11.1 Å². The third kappa shape index (κ3) is 1.83. The zero-order valence-electron chi connectivity index (χ0n) is 10.6. The van der Waals surface area contributed by atoms with E-state index in [1.165, 1.54) is 37.9 Å². The number of hydrogen-bond donors (Lipinski definition) is 0. The Morgan fingerprint density at radius 2 is 1.72 bits per heavy atom. The van der Waals surface area contributed by atoms with E-state index in [1.54, 1.807) is 0 Å². The summed E-state index contributed by atoms with van der Waals surface area (Å²) in [5, 5.41) is 0. The Labute approximate surface area is 116 Å². The van der Waals surface area contributed by atoms with E-state index >= 15 is 0 Å². The summed E-state index contributed by atoms with van der Waals surface area (Å²) in [6, 6.07) is 13.0. The van der Waals surface area contributed by atoms with Crippen LogP contribution in [-0.4, -0.2) is 0 Å². The Morgan fingerprint density at radius 1 is 0.944 bits per heavy atom. The quantitative estimate of drug-likeness (QED) is 0.663. The number of benzene rings is 2. The molecule has 0 spiro atoms. The molecule has 1 heteroatoms. The fourth-order valence-corrected chi connectivity index (χ4v) is 3.34. The van der Waals surface area contributed by atoms with Gasteiger partial charge in [0.05, 0.1) is 0 Å². The summed E-state index contributed by atoms with van der Waals surface area (Å²) < 4.78 is 1.25. The molecule has 0 amide bonds. The van der Waals surface area contributed by atoms with Crippen LogP contribution in [0, 0.1) is 6.92 Å². The van der Waals surface area contributed by atoms with Crippen LogP contribution < -0.4 is 0 Å². The van der Waals surface area contributed by atoms with Gasteiger partial charge in [0, 0.05) is 4.47 Å². The van der Waals surface area contributed by atoms with Crippen LogP contribution in [0.3, 0.4) is 0 Å². The first-order chi connectivity index (χ1) is 8.66. The first kappa shape index (κ1) is 11.7. The van der Waals surface area contributed by atoms with Crippen LogP contribution in [0.4, 0.5) is 0 Å². The van der Waals surface area contributed by atoms with E-state index in [4.69, 9.17) is 0 Å². The van der Waals surface area contributed by atoms with Crippen LogP contribution in [0.5, 0.6) is 0 Å². The third-order valence-electron chi connectivity index (χ3n) is 3.57. The molecule has 1 aliphatic carbocycles. The van der Waals surface area contributed by atoms with Crippen molar-refractivity contribution in [1.29, 1.82) is 0 Å². The second-order valence-corrected chi connectivity index (χ2v) is 5.77. The van der Waals surface area contributed by atoms with E-state index in [0.29, 0.717) is 0 Å². The van der Waals surface area contributed by atoms with Gasteiger partial charge in [0.1, 0.15) is 0 Å². The second-order valence-electron chi connectivity index (χ2n) is 4.98. The monoisotopic (exact) mass is 298 g/mol. The predicted octanol–water partition coefficient (Wildman–Crippen LogP) is 5.38. The summed E-state index contributed by atoms with van der Waals surface area (Å²) in [5.41, 5.74) is 8.16. The normalized spacial score (nSPS) is 13.4. The molecule has 0 atom stereocenters. The lowest BCUT2D eigenvalue weighted by Gasteiger charge is -2.12. The molecule has 0 bridgehead atoms. The molecule has 0 unspecified atom stereocenters. The first-order valence-corrected chi connectivity index (χ1v) is 7.00. The Morgan fingerprint density at radius 3 is 2.50 bits per heavy atom. The first-order valence-electron chi connectivity index (χ1n) is 6.21. The zero-order valence-corrected chi connectivity index (χ0v) is 12.2. The SMILES string of the molecule is CC1=Cc2ccc(-c3ccccc3C)c(Br)c2C1. The fraction of sp³-hybridized carbons (Fsp3) is 0.176. The minimum absolute atomic E-state index is 1.07. The highest BCUT2D eigenvalue weighted by Gasteiger charge is 2.16. The molecule has 0 saturated carbocycles. The molecule has 3 rings (SSSR count).